The van der Waals surface area contributed by atoms with Gasteiger partial charge in [-0.2, -0.15) is 0 Å². The summed E-state index contributed by atoms with van der Waals surface area (Å²) >= 11 is 0. The van der Waals surface area contributed by atoms with E-state index in [0.717, 1.165) is 5.56 Å². The van der Waals surface area contributed by atoms with Crippen molar-refractivity contribution in [3.63, 3.8) is 0 Å². The first-order valence-corrected chi connectivity index (χ1v) is 7.21. The van der Waals surface area contributed by atoms with Crippen molar-refractivity contribution in [3.05, 3.63) is 75.3 Å². The van der Waals surface area contributed by atoms with Crippen LogP contribution < -0.4 is 5.32 Å². The minimum absolute atomic E-state index is 0.00272. The van der Waals surface area contributed by atoms with E-state index in [-0.39, 0.29) is 24.6 Å². The Kier molecular flexibility index (Phi) is 5.43. The molecule has 0 saturated heterocycles. The molecule has 1 amide bonds. The summed E-state index contributed by atoms with van der Waals surface area (Å²) < 4.78 is 0. The zero-order valence-corrected chi connectivity index (χ0v) is 12.7. The molecule has 0 heterocycles. The molecule has 2 rings (SSSR count). The molecule has 0 bridgehead atoms. The smallest absolute Gasteiger partial charge is 0.272 e. The van der Waals surface area contributed by atoms with Gasteiger partial charge in [-0.05, 0) is 18.1 Å². The first-order valence-electron chi connectivity index (χ1n) is 7.21. The highest BCUT2D eigenvalue weighted by atomic mass is 16.6. The molecule has 0 aliphatic heterocycles. The van der Waals surface area contributed by atoms with E-state index in [0.29, 0.717) is 11.1 Å². The number of aliphatic hydroxyl groups is 1. The van der Waals surface area contributed by atoms with Gasteiger partial charge in [0.25, 0.3) is 5.69 Å². The Morgan fingerprint density at radius 1 is 1.22 bits per heavy atom. The highest BCUT2D eigenvalue weighted by molar-refractivity contribution is 5.79. The third kappa shape index (κ3) is 4.14. The number of nitro groups is 1. The van der Waals surface area contributed by atoms with Crippen molar-refractivity contribution in [1.29, 1.82) is 0 Å². The van der Waals surface area contributed by atoms with Gasteiger partial charge in [0.2, 0.25) is 5.91 Å². The summed E-state index contributed by atoms with van der Waals surface area (Å²) in [5.74, 6) is -0.295. The predicted molar refractivity (Wildman–Crippen MR) is 85.9 cm³/mol. The molecule has 0 unspecified atom stereocenters. The van der Waals surface area contributed by atoms with Crippen LogP contribution in [0.1, 0.15) is 22.7 Å². The molecule has 23 heavy (non-hydrogen) atoms. The number of hydrogen-bond donors (Lipinski definition) is 2. The lowest BCUT2D eigenvalue weighted by Gasteiger charge is -2.17. The molecule has 0 aromatic heterocycles. The fraction of sp³-hybridized carbons (Fsp3) is 0.235. The second-order valence-electron chi connectivity index (χ2n) is 5.21. The number of nitrogens with one attached hydrogen (secondary N) is 1. The van der Waals surface area contributed by atoms with Crippen LogP contribution in [0.15, 0.2) is 48.5 Å². The largest absolute Gasteiger partial charge is 0.394 e. The first kappa shape index (κ1) is 16.6. The molecular formula is C17H18N2O4. The number of nitrogens with zero attached hydrogens (tertiary/aromatic N) is 1. The summed E-state index contributed by atoms with van der Waals surface area (Å²) in [6, 6.07) is 13.3. The molecule has 2 N–H and O–H groups in total. The van der Waals surface area contributed by atoms with E-state index in [9.17, 15) is 20.0 Å². The first-order chi connectivity index (χ1) is 11.0. The summed E-state index contributed by atoms with van der Waals surface area (Å²) in [6.45, 7) is 1.41. The van der Waals surface area contributed by atoms with Crippen molar-refractivity contribution in [2.45, 2.75) is 19.4 Å². The van der Waals surface area contributed by atoms with E-state index < -0.39 is 11.0 Å². The van der Waals surface area contributed by atoms with Gasteiger partial charge in [0.15, 0.2) is 0 Å². The maximum absolute atomic E-state index is 12.2. The maximum atomic E-state index is 12.2. The van der Waals surface area contributed by atoms with Crippen LogP contribution in [-0.2, 0) is 11.2 Å². The van der Waals surface area contributed by atoms with Gasteiger partial charge in [0, 0.05) is 11.6 Å². The Morgan fingerprint density at radius 2 is 1.91 bits per heavy atom. The summed E-state index contributed by atoms with van der Waals surface area (Å²) in [5.41, 5.74) is 1.88. The quantitative estimate of drug-likeness (QED) is 0.632. The summed E-state index contributed by atoms with van der Waals surface area (Å²) in [5, 5.41) is 23.2. The average molecular weight is 314 g/mol. The standard InChI is InChI=1S/C17H18N2O4/c1-12-14(8-5-9-16(12)19(22)23)10-17(21)18-15(11-20)13-6-3-2-4-7-13/h2-9,15,20H,10-11H2,1H3,(H,18,21)/t15-/m0/s1. The molecule has 0 radical (unpaired) electrons. The second-order valence-corrected chi connectivity index (χ2v) is 5.21. The van der Waals surface area contributed by atoms with Gasteiger partial charge in [0.1, 0.15) is 0 Å². The third-order valence-electron chi connectivity index (χ3n) is 3.68. The number of aliphatic hydroxyl groups excluding tert-OH is 1. The molecule has 2 aromatic rings. The topological polar surface area (TPSA) is 92.5 Å². The lowest BCUT2D eigenvalue weighted by molar-refractivity contribution is -0.385. The Balaban J connectivity index is 2.10. The zero-order valence-electron chi connectivity index (χ0n) is 12.7. The van der Waals surface area contributed by atoms with Gasteiger partial charge < -0.3 is 10.4 Å². The van der Waals surface area contributed by atoms with E-state index in [4.69, 9.17) is 0 Å². The molecule has 120 valence electrons. The van der Waals surface area contributed by atoms with Crippen LogP contribution in [0.4, 0.5) is 5.69 Å². The molecule has 0 spiro atoms. The monoisotopic (exact) mass is 314 g/mol. The van der Waals surface area contributed by atoms with E-state index in [1.807, 2.05) is 30.3 Å². The van der Waals surface area contributed by atoms with Crippen molar-refractivity contribution in [1.82, 2.24) is 5.32 Å². The van der Waals surface area contributed by atoms with Crippen LogP contribution >= 0.6 is 0 Å². The zero-order chi connectivity index (χ0) is 16.8. The molecule has 6 nitrogen and oxygen atoms in total. The maximum Gasteiger partial charge on any atom is 0.272 e. The van der Waals surface area contributed by atoms with Crippen LogP contribution in [0, 0.1) is 17.0 Å². The Bertz CT molecular complexity index is 701. The molecule has 0 saturated carbocycles. The second kappa shape index (κ2) is 7.51. The van der Waals surface area contributed by atoms with Crippen LogP contribution in [-0.4, -0.2) is 22.5 Å². The highest BCUT2D eigenvalue weighted by Crippen LogP contribution is 2.21. The fourth-order valence-electron chi connectivity index (χ4n) is 2.40. The summed E-state index contributed by atoms with van der Waals surface area (Å²) in [6.07, 6.45) is 0.0246. The van der Waals surface area contributed by atoms with E-state index in [2.05, 4.69) is 5.32 Å². The number of benzene rings is 2. The van der Waals surface area contributed by atoms with Gasteiger partial charge in [-0.1, -0.05) is 42.5 Å². The van der Waals surface area contributed by atoms with Crippen LogP contribution in [0.5, 0.6) is 0 Å². The molecule has 0 aliphatic carbocycles. The summed E-state index contributed by atoms with van der Waals surface area (Å²) in [4.78, 5) is 22.7. The van der Waals surface area contributed by atoms with Crippen LogP contribution in [0.3, 0.4) is 0 Å². The van der Waals surface area contributed by atoms with E-state index in [1.54, 1.807) is 19.1 Å². The fourth-order valence-corrected chi connectivity index (χ4v) is 2.40. The lowest BCUT2D eigenvalue weighted by atomic mass is 10.0. The molecule has 6 heteroatoms. The molecule has 1 atom stereocenters. The molecule has 0 aliphatic rings. The van der Waals surface area contributed by atoms with Crippen LogP contribution in [0.2, 0.25) is 0 Å². The van der Waals surface area contributed by atoms with Crippen molar-refractivity contribution < 1.29 is 14.8 Å². The molecule has 2 aromatic carbocycles. The summed E-state index contributed by atoms with van der Waals surface area (Å²) in [7, 11) is 0. The minimum atomic E-state index is -0.497. The lowest BCUT2D eigenvalue weighted by Crippen LogP contribution is -2.32. The van der Waals surface area contributed by atoms with Gasteiger partial charge in [0.05, 0.1) is 24.0 Å². The van der Waals surface area contributed by atoms with Gasteiger partial charge in [-0.15, -0.1) is 0 Å². The number of amides is 1. The Hall–Kier alpha value is -2.73. The Labute approximate surface area is 133 Å². The predicted octanol–water partition coefficient (Wildman–Crippen LogP) is 2.30. The van der Waals surface area contributed by atoms with E-state index >= 15 is 0 Å². The molecule has 0 fully saturated rings. The number of rotatable bonds is 6. The van der Waals surface area contributed by atoms with Crippen LogP contribution in [0.25, 0.3) is 0 Å². The van der Waals surface area contributed by atoms with Gasteiger partial charge in [-0.3, -0.25) is 14.9 Å². The van der Waals surface area contributed by atoms with Crippen molar-refractivity contribution in [2.24, 2.45) is 0 Å². The van der Waals surface area contributed by atoms with Crippen molar-refractivity contribution >= 4 is 11.6 Å². The SMILES string of the molecule is Cc1c(CC(=O)N[C@@H](CO)c2ccccc2)cccc1[N+](=O)[O-]. The normalized spacial score (nSPS) is 11.7. The third-order valence-corrected chi connectivity index (χ3v) is 3.68. The number of nitro benzene ring substituents is 1. The highest BCUT2D eigenvalue weighted by Gasteiger charge is 2.17. The van der Waals surface area contributed by atoms with Crippen molar-refractivity contribution in [3.8, 4) is 0 Å². The number of carbonyl (C=O) groups excluding carboxylic acids is 1. The Morgan fingerprint density at radius 3 is 2.52 bits per heavy atom. The average Bonchev–Trinajstić information content (AvgIpc) is 2.55. The van der Waals surface area contributed by atoms with Gasteiger partial charge >= 0.3 is 0 Å². The van der Waals surface area contributed by atoms with E-state index in [1.165, 1.54) is 6.07 Å². The number of hydrogen-bond acceptors (Lipinski definition) is 4. The minimum Gasteiger partial charge on any atom is -0.394 e. The van der Waals surface area contributed by atoms with Crippen molar-refractivity contribution in [2.75, 3.05) is 6.61 Å². The van der Waals surface area contributed by atoms with Gasteiger partial charge in [-0.25, -0.2) is 0 Å². The molecular weight excluding hydrogens is 296 g/mol. The number of carbonyl (C=O) groups is 1.